The summed E-state index contributed by atoms with van der Waals surface area (Å²) >= 11 is 2.16. The van der Waals surface area contributed by atoms with Crippen LogP contribution < -0.4 is 4.90 Å². The van der Waals surface area contributed by atoms with E-state index in [1.165, 1.54) is 11.0 Å². The topological polar surface area (TPSA) is 29.5 Å². The Balaban J connectivity index is 2.24. The third kappa shape index (κ3) is 2.14. The van der Waals surface area contributed by atoms with Crippen LogP contribution in [0, 0.1) is 12.7 Å². The molecule has 0 unspecified atom stereocenters. The van der Waals surface area contributed by atoms with Crippen molar-refractivity contribution in [1.29, 1.82) is 0 Å². The number of amides is 1. The number of hydrogen-bond acceptors (Lipinski definition) is 2. The van der Waals surface area contributed by atoms with Gasteiger partial charge in [0.2, 0.25) is 0 Å². The highest BCUT2D eigenvalue weighted by atomic mass is 127. The van der Waals surface area contributed by atoms with Gasteiger partial charge in [-0.1, -0.05) is 28.7 Å². The van der Waals surface area contributed by atoms with Gasteiger partial charge in [0.25, 0.3) is 0 Å². The number of alkyl halides is 1. The van der Waals surface area contributed by atoms with Crippen molar-refractivity contribution in [2.75, 3.05) is 15.9 Å². The first kappa shape index (κ1) is 11.6. The highest BCUT2D eigenvalue weighted by Gasteiger charge is 2.31. The summed E-state index contributed by atoms with van der Waals surface area (Å²) in [6, 6.07) is 4.76. The summed E-state index contributed by atoms with van der Waals surface area (Å²) in [5.74, 6) is -0.303. The van der Waals surface area contributed by atoms with Gasteiger partial charge in [0, 0.05) is 4.43 Å². The van der Waals surface area contributed by atoms with E-state index in [1.807, 2.05) is 0 Å². The third-order valence-corrected chi connectivity index (χ3v) is 3.50. The number of halogens is 2. The van der Waals surface area contributed by atoms with Gasteiger partial charge in [-0.25, -0.2) is 9.18 Å². The van der Waals surface area contributed by atoms with Gasteiger partial charge in [-0.2, -0.15) is 0 Å². The molecule has 5 heteroatoms. The number of carbonyl (C=O) groups excluding carboxylic acids is 1. The molecule has 1 fully saturated rings. The first-order valence-corrected chi connectivity index (χ1v) is 6.44. The number of ether oxygens (including phenoxy) is 1. The summed E-state index contributed by atoms with van der Waals surface area (Å²) in [5.41, 5.74) is 1.13. The van der Waals surface area contributed by atoms with Gasteiger partial charge in [-0.05, 0) is 24.6 Å². The van der Waals surface area contributed by atoms with Gasteiger partial charge in [-0.15, -0.1) is 0 Å². The third-order valence-electron chi connectivity index (χ3n) is 2.51. The van der Waals surface area contributed by atoms with Crippen LogP contribution >= 0.6 is 22.6 Å². The van der Waals surface area contributed by atoms with Crippen LogP contribution in [0.5, 0.6) is 0 Å². The molecule has 0 aliphatic carbocycles. The molecule has 0 spiro atoms. The lowest BCUT2D eigenvalue weighted by molar-refractivity contribution is 0.153. The molecule has 1 aromatic carbocycles. The van der Waals surface area contributed by atoms with E-state index in [0.29, 0.717) is 17.8 Å². The normalized spacial score (nSPS) is 20.1. The summed E-state index contributed by atoms with van der Waals surface area (Å²) < 4.78 is 19.2. The highest BCUT2D eigenvalue weighted by Crippen LogP contribution is 2.24. The molecule has 16 heavy (non-hydrogen) atoms. The Labute approximate surface area is 107 Å². The molecule has 1 amide bonds. The molecule has 1 aliphatic heterocycles. The van der Waals surface area contributed by atoms with Crippen LogP contribution in [0.2, 0.25) is 0 Å². The molecule has 2 rings (SSSR count). The molecular weight excluding hydrogens is 324 g/mol. The number of aryl methyl sites for hydroxylation is 1. The van der Waals surface area contributed by atoms with Crippen LogP contribution in [-0.4, -0.2) is 23.2 Å². The second-order valence-electron chi connectivity index (χ2n) is 3.70. The lowest BCUT2D eigenvalue weighted by Gasteiger charge is -2.13. The van der Waals surface area contributed by atoms with Crippen molar-refractivity contribution in [3.05, 3.63) is 29.6 Å². The molecule has 3 nitrogen and oxygen atoms in total. The maximum atomic E-state index is 13.4. The number of nitrogens with zero attached hydrogens (tertiary/aromatic N) is 1. The second kappa shape index (κ2) is 4.57. The molecule has 0 radical (unpaired) electrons. The summed E-state index contributed by atoms with van der Waals surface area (Å²) in [6.07, 6.45) is -0.498. The van der Waals surface area contributed by atoms with E-state index in [0.717, 1.165) is 4.43 Å². The van der Waals surface area contributed by atoms with Crippen LogP contribution in [0.1, 0.15) is 5.56 Å². The minimum absolute atomic E-state index is 0.0996. The fraction of sp³-hybridized carbons (Fsp3) is 0.364. The van der Waals surface area contributed by atoms with E-state index in [-0.39, 0.29) is 11.9 Å². The first-order chi connectivity index (χ1) is 7.61. The Morgan fingerprint density at radius 3 is 2.94 bits per heavy atom. The van der Waals surface area contributed by atoms with Gasteiger partial charge in [-0.3, -0.25) is 4.90 Å². The lowest BCUT2D eigenvalue weighted by Crippen LogP contribution is -2.24. The van der Waals surface area contributed by atoms with E-state index in [4.69, 9.17) is 4.74 Å². The minimum Gasteiger partial charge on any atom is -0.443 e. The summed E-state index contributed by atoms with van der Waals surface area (Å²) in [7, 11) is 0. The van der Waals surface area contributed by atoms with Crippen molar-refractivity contribution in [2.24, 2.45) is 0 Å². The molecule has 0 N–H and O–H groups in total. The molecule has 1 saturated heterocycles. The van der Waals surface area contributed by atoms with Gasteiger partial charge in [0.15, 0.2) is 0 Å². The van der Waals surface area contributed by atoms with E-state index < -0.39 is 6.09 Å². The Morgan fingerprint density at radius 2 is 2.38 bits per heavy atom. The number of anilines is 1. The Morgan fingerprint density at radius 1 is 1.62 bits per heavy atom. The Bertz CT molecular complexity index is 424. The van der Waals surface area contributed by atoms with E-state index in [9.17, 15) is 9.18 Å². The smallest absolute Gasteiger partial charge is 0.414 e. The summed E-state index contributed by atoms with van der Waals surface area (Å²) in [6.45, 7) is 2.18. The maximum absolute atomic E-state index is 13.4. The number of benzene rings is 1. The predicted octanol–water partition coefficient (Wildman–Crippen LogP) is 2.89. The largest absolute Gasteiger partial charge is 0.443 e. The van der Waals surface area contributed by atoms with Gasteiger partial charge >= 0.3 is 6.09 Å². The molecule has 1 aliphatic rings. The zero-order valence-corrected chi connectivity index (χ0v) is 10.9. The monoisotopic (exact) mass is 335 g/mol. The Hall–Kier alpha value is -0.850. The zero-order valence-electron chi connectivity index (χ0n) is 8.74. The predicted molar refractivity (Wildman–Crippen MR) is 67.6 cm³/mol. The maximum Gasteiger partial charge on any atom is 0.414 e. The number of cyclic esters (lactones) is 1. The molecule has 0 bridgehead atoms. The molecular formula is C11H11FINO2. The van der Waals surface area contributed by atoms with Crippen LogP contribution in [0.3, 0.4) is 0 Å². The zero-order chi connectivity index (χ0) is 11.7. The van der Waals surface area contributed by atoms with Crippen molar-refractivity contribution in [2.45, 2.75) is 13.0 Å². The molecule has 0 saturated carbocycles. The molecule has 1 atom stereocenters. The Kier molecular flexibility index (Phi) is 3.32. The fourth-order valence-corrected chi connectivity index (χ4v) is 2.02. The van der Waals surface area contributed by atoms with Crippen molar-refractivity contribution in [3.63, 3.8) is 0 Å². The van der Waals surface area contributed by atoms with Crippen LogP contribution in [0.15, 0.2) is 18.2 Å². The minimum atomic E-state index is -0.398. The van der Waals surface area contributed by atoms with Crippen LogP contribution in [0.4, 0.5) is 14.9 Å². The van der Waals surface area contributed by atoms with E-state index in [2.05, 4.69) is 22.6 Å². The van der Waals surface area contributed by atoms with Gasteiger partial charge < -0.3 is 4.74 Å². The van der Waals surface area contributed by atoms with Crippen LogP contribution in [0.25, 0.3) is 0 Å². The van der Waals surface area contributed by atoms with Crippen molar-refractivity contribution >= 4 is 34.4 Å². The molecule has 86 valence electrons. The average molecular weight is 335 g/mol. The highest BCUT2D eigenvalue weighted by molar-refractivity contribution is 14.1. The van der Waals surface area contributed by atoms with Gasteiger partial charge in [0.1, 0.15) is 11.9 Å². The number of hydrogen-bond donors (Lipinski definition) is 0. The number of carbonyl (C=O) groups is 1. The van der Waals surface area contributed by atoms with Crippen molar-refractivity contribution in [3.8, 4) is 0 Å². The van der Waals surface area contributed by atoms with E-state index in [1.54, 1.807) is 19.1 Å². The fourth-order valence-electron chi connectivity index (χ4n) is 1.56. The number of rotatable bonds is 2. The summed E-state index contributed by atoms with van der Waals surface area (Å²) in [5, 5.41) is 0. The molecule has 0 aromatic heterocycles. The quantitative estimate of drug-likeness (QED) is 0.614. The summed E-state index contributed by atoms with van der Waals surface area (Å²) in [4.78, 5) is 13.0. The average Bonchev–Trinajstić information content (AvgIpc) is 2.64. The standard InChI is InChI=1S/C11H11FINO2/c1-7-2-3-8(4-10(7)12)14-6-9(5-13)16-11(14)15/h2-4,9H,5-6H2,1H3/t9-/m1/s1. The van der Waals surface area contributed by atoms with Crippen molar-refractivity contribution in [1.82, 2.24) is 0 Å². The molecule has 1 aromatic rings. The van der Waals surface area contributed by atoms with Gasteiger partial charge in [0.05, 0.1) is 12.2 Å². The SMILES string of the molecule is Cc1ccc(N2C[C@@H](CI)OC2=O)cc1F. The second-order valence-corrected chi connectivity index (χ2v) is 4.58. The lowest BCUT2D eigenvalue weighted by atomic mass is 10.2. The molecule has 1 heterocycles. The van der Waals surface area contributed by atoms with E-state index >= 15 is 0 Å². The van der Waals surface area contributed by atoms with Crippen LogP contribution in [-0.2, 0) is 4.74 Å². The van der Waals surface area contributed by atoms with Crippen molar-refractivity contribution < 1.29 is 13.9 Å². The first-order valence-electron chi connectivity index (χ1n) is 4.92.